The largest absolute Gasteiger partial charge is 0.312 e. The normalized spacial score (nSPS) is 16.1. The molecule has 3 aromatic rings. The molecule has 40 heavy (non-hydrogen) atoms. The Bertz CT molecular complexity index is 1350. The van der Waals surface area contributed by atoms with Gasteiger partial charge in [-0.25, -0.2) is 22.5 Å². The molecule has 6 nitrogen and oxygen atoms in total. The number of benzene rings is 2. The van der Waals surface area contributed by atoms with Crippen molar-refractivity contribution in [1.82, 2.24) is 20.2 Å². The highest BCUT2D eigenvalue weighted by Crippen LogP contribution is 2.26. The number of imidazole rings is 1. The number of carbonyl (C=O) groups excluding carboxylic acids is 1. The van der Waals surface area contributed by atoms with Crippen molar-refractivity contribution in [2.45, 2.75) is 78.4 Å². The van der Waals surface area contributed by atoms with Crippen LogP contribution in [0, 0.1) is 28.7 Å². The minimum absolute atomic E-state index is 0.0152. The third-order valence-corrected chi connectivity index (χ3v) is 7.00. The number of fused-ring (bicyclic) bond motifs is 1. The average Bonchev–Trinajstić information content (AvgIpc) is 3.33. The van der Waals surface area contributed by atoms with Crippen LogP contribution in [0.15, 0.2) is 36.8 Å². The van der Waals surface area contributed by atoms with Crippen LogP contribution in [0.25, 0.3) is 5.69 Å². The van der Waals surface area contributed by atoms with Gasteiger partial charge >= 0.3 is 0 Å². The van der Waals surface area contributed by atoms with Gasteiger partial charge in [-0.3, -0.25) is 4.79 Å². The summed E-state index contributed by atoms with van der Waals surface area (Å²) in [6, 6.07) is 3.86. The van der Waals surface area contributed by atoms with E-state index in [0.717, 1.165) is 18.6 Å². The van der Waals surface area contributed by atoms with Crippen molar-refractivity contribution in [2.75, 3.05) is 11.9 Å². The molecule has 1 aliphatic carbocycles. The van der Waals surface area contributed by atoms with E-state index in [1.165, 1.54) is 18.5 Å². The molecule has 0 spiro atoms. The molecule has 3 N–H and O–H groups in total. The maximum Gasteiger partial charge on any atom is 0.242 e. The minimum atomic E-state index is -0.978. The fraction of sp³-hybridized carbons (Fsp3) is 0.467. The van der Waals surface area contributed by atoms with Crippen LogP contribution >= 0.6 is 0 Å². The Labute approximate surface area is 232 Å². The van der Waals surface area contributed by atoms with Crippen molar-refractivity contribution in [1.29, 1.82) is 0 Å². The molecule has 0 saturated carbocycles. The number of hydrogen-bond donors (Lipinski definition) is 3. The van der Waals surface area contributed by atoms with Crippen molar-refractivity contribution in [3.8, 4) is 5.69 Å². The molecule has 4 rings (SSSR count). The number of nitrogens with one attached hydrogen (secondary N) is 3. The molecular weight excluding hydrogens is 522 g/mol. The fourth-order valence-corrected chi connectivity index (χ4v) is 5.06. The van der Waals surface area contributed by atoms with Gasteiger partial charge in [0.2, 0.25) is 5.91 Å². The molecule has 216 valence electrons. The first-order chi connectivity index (χ1) is 18.9. The summed E-state index contributed by atoms with van der Waals surface area (Å²) in [4.78, 5) is 17.5. The van der Waals surface area contributed by atoms with E-state index in [-0.39, 0.29) is 23.2 Å². The fourth-order valence-electron chi connectivity index (χ4n) is 5.06. The molecule has 1 amide bonds. The van der Waals surface area contributed by atoms with Crippen LogP contribution < -0.4 is 16.0 Å². The number of nitrogens with zero attached hydrogens (tertiary/aromatic N) is 2. The van der Waals surface area contributed by atoms with Crippen LogP contribution in [0.3, 0.4) is 0 Å². The number of anilines is 1. The number of amides is 1. The zero-order chi connectivity index (χ0) is 29.0. The van der Waals surface area contributed by atoms with Gasteiger partial charge in [-0.1, -0.05) is 34.1 Å². The third kappa shape index (κ3) is 7.48. The Kier molecular flexibility index (Phi) is 9.30. The van der Waals surface area contributed by atoms with E-state index in [1.807, 2.05) is 6.92 Å². The summed E-state index contributed by atoms with van der Waals surface area (Å²) in [5.74, 6) is -3.09. The van der Waals surface area contributed by atoms with E-state index >= 15 is 0 Å². The second-order valence-electron chi connectivity index (χ2n) is 11.7. The van der Waals surface area contributed by atoms with E-state index < -0.39 is 29.3 Å². The quantitative estimate of drug-likeness (QED) is 0.274. The van der Waals surface area contributed by atoms with Gasteiger partial charge in [0.25, 0.3) is 0 Å². The van der Waals surface area contributed by atoms with Gasteiger partial charge in [-0.2, -0.15) is 0 Å². The van der Waals surface area contributed by atoms with Crippen molar-refractivity contribution >= 4 is 11.7 Å². The lowest BCUT2D eigenvalue weighted by Gasteiger charge is -2.29. The lowest BCUT2D eigenvalue weighted by atomic mass is 9.87. The third-order valence-electron chi connectivity index (χ3n) is 7.00. The number of carbonyl (C=O) groups is 1. The van der Waals surface area contributed by atoms with E-state index in [0.29, 0.717) is 61.2 Å². The van der Waals surface area contributed by atoms with Gasteiger partial charge in [0.05, 0.1) is 17.9 Å². The summed E-state index contributed by atoms with van der Waals surface area (Å²) in [6.45, 7) is 9.19. The number of aryl methyl sites for hydroxylation is 1. The summed E-state index contributed by atoms with van der Waals surface area (Å²) >= 11 is 0. The molecule has 0 unspecified atom stereocenters. The topological polar surface area (TPSA) is 71.0 Å². The van der Waals surface area contributed by atoms with E-state index in [2.05, 4.69) is 41.7 Å². The minimum Gasteiger partial charge on any atom is -0.312 e. The second-order valence-corrected chi connectivity index (χ2v) is 11.7. The highest BCUT2D eigenvalue weighted by Gasteiger charge is 2.27. The summed E-state index contributed by atoms with van der Waals surface area (Å²) in [5, 5.41) is 9.44. The maximum atomic E-state index is 14.4. The summed E-state index contributed by atoms with van der Waals surface area (Å²) in [6.07, 6.45) is 5.83. The number of rotatable bonds is 10. The van der Waals surface area contributed by atoms with Crippen LogP contribution in [-0.4, -0.2) is 34.1 Å². The van der Waals surface area contributed by atoms with Crippen molar-refractivity contribution in [3.05, 3.63) is 76.7 Å². The van der Waals surface area contributed by atoms with E-state index in [1.54, 1.807) is 10.8 Å². The number of halogens is 4. The van der Waals surface area contributed by atoms with E-state index in [9.17, 15) is 22.4 Å². The summed E-state index contributed by atoms with van der Waals surface area (Å²) in [7, 11) is 0. The second kappa shape index (κ2) is 12.5. The van der Waals surface area contributed by atoms with Gasteiger partial charge < -0.3 is 20.5 Å². The SMILES string of the molecule is CCC[C@@H](N[C@H]1CCc2cc(F)cc(F)c2C1)C(=O)Nc1cn(-c2cc(F)c(F)cc2CNCC(C)(C)C)cn1. The Morgan fingerprint density at radius 2 is 1.85 bits per heavy atom. The first kappa shape index (κ1) is 29.7. The zero-order valence-electron chi connectivity index (χ0n) is 23.4. The lowest BCUT2D eigenvalue weighted by Crippen LogP contribution is -2.48. The van der Waals surface area contributed by atoms with Crippen LogP contribution in [0.1, 0.15) is 63.6 Å². The molecule has 1 aromatic heterocycles. The molecule has 1 aliphatic rings. The molecule has 10 heteroatoms. The first-order valence-electron chi connectivity index (χ1n) is 13.7. The molecule has 0 saturated heterocycles. The predicted octanol–water partition coefficient (Wildman–Crippen LogP) is 5.82. The molecule has 0 bridgehead atoms. The van der Waals surface area contributed by atoms with Gasteiger partial charge in [0.15, 0.2) is 17.5 Å². The molecule has 0 fully saturated rings. The lowest BCUT2D eigenvalue weighted by molar-refractivity contribution is -0.118. The number of hydrogen-bond acceptors (Lipinski definition) is 4. The monoisotopic (exact) mass is 559 g/mol. The van der Waals surface area contributed by atoms with Gasteiger partial charge in [0, 0.05) is 31.3 Å². The smallest absolute Gasteiger partial charge is 0.242 e. The molecule has 2 atom stereocenters. The van der Waals surface area contributed by atoms with Crippen LogP contribution in [0.2, 0.25) is 0 Å². The zero-order valence-corrected chi connectivity index (χ0v) is 23.4. The van der Waals surface area contributed by atoms with Crippen LogP contribution in [-0.2, 0) is 24.2 Å². The van der Waals surface area contributed by atoms with Crippen molar-refractivity contribution in [2.24, 2.45) is 5.41 Å². The van der Waals surface area contributed by atoms with Gasteiger partial charge in [0.1, 0.15) is 18.0 Å². The Morgan fingerprint density at radius 1 is 1.10 bits per heavy atom. The Hall–Kier alpha value is -3.24. The highest BCUT2D eigenvalue weighted by atomic mass is 19.2. The van der Waals surface area contributed by atoms with Crippen LogP contribution in [0.4, 0.5) is 23.4 Å². The number of aromatic nitrogens is 2. The van der Waals surface area contributed by atoms with Crippen LogP contribution in [0.5, 0.6) is 0 Å². The molecule has 0 aliphatic heterocycles. The Morgan fingerprint density at radius 3 is 2.58 bits per heavy atom. The molecule has 2 aromatic carbocycles. The molecule has 1 heterocycles. The Balaban J connectivity index is 1.45. The maximum absolute atomic E-state index is 14.4. The first-order valence-corrected chi connectivity index (χ1v) is 13.7. The molecule has 0 radical (unpaired) electrons. The predicted molar refractivity (Wildman–Crippen MR) is 147 cm³/mol. The van der Waals surface area contributed by atoms with E-state index in [4.69, 9.17) is 0 Å². The van der Waals surface area contributed by atoms with Crippen molar-refractivity contribution in [3.63, 3.8) is 0 Å². The molecular formula is C30H37F4N5O. The van der Waals surface area contributed by atoms with Gasteiger partial charge in [-0.05, 0) is 59.9 Å². The summed E-state index contributed by atoms with van der Waals surface area (Å²) in [5.41, 5.74) is 2.13. The van der Waals surface area contributed by atoms with Crippen molar-refractivity contribution < 1.29 is 22.4 Å². The standard InChI is InChI=1S/C30H37F4N5O/c1-5-6-26(37-21-8-7-18-9-20(31)11-23(32)22(18)12-21)29(40)38-28-15-39(17-36-28)27-13-25(34)24(33)10-19(27)14-35-16-30(2,3)4/h9-11,13,15,17,21,26,35,37H,5-8,12,14,16H2,1-4H3,(H,38,40)/t21-,26+/m0/s1. The highest BCUT2D eigenvalue weighted by molar-refractivity contribution is 5.94. The van der Waals surface area contributed by atoms with Gasteiger partial charge in [-0.15, -0.1) is 0 Å². The summed E-state index contributed by atoms with van der Waals surface area (Å²) < 4.78 is 57.7. The average molecular weight is 560 g/mol.